The fourth-order valence-corrected chi connectivity index (χ4v) is 2.43. The molecule has 0 aliphatic heterocycles. The van der Waals surface area contributed by atoms with E-state index in [1.807, 2.05) is 30.3 Å². The van der Waals surface area contributed by atoms with Crippen LogP contribution in [0.1, 0.15) is 31.9 Å². The first-order valence-electron chi connectivity index (χ1n) is 8.94. The topological polar surface area (TPSA) is 101 Å². The summed E-state index contributed by atoms with van der Waals surface area (Å²) in [5.74, 6) is -0.240. The monoisotopic (exact) mass is 383 g/mol. The van der Waals surface area contributed by atoms with E-state index < -0.39 is 23.7 Å². The zero-order valence-corrected chi connectivity index (χ0v) is 16.3. The molecule has 0 aromatic heterocycles. The van der Waals surface area contributed by atoms with Gasteiger partial charge in [-0.1, -0.05) is 42.5 Å². The van der Waals surface area contributed by atoms with Gasteiger partial charge in [0.1, 0.15) is 17.4 Å². The molecule has 7 nitrogen and oxygen atoms in total. The Morgan fingerprint density at radius 3 is 2.25 bits per heavy atom. The van der Waals surface area contributed by atoms with Crippen LogP contribution in [-0.4, -0.2) is 23.7 Å². The molecule has 7 heteroatoms. The predicted octanol–water partition coefficient (Wildman–Crippen LogP) is 4.26. The van der Waals surface area contributed by atoms with Crippen LogP contribution in [0.25, 0.3) is 0 Å². The Hall–Kier alpha value is -3.22. The van der Waals surface area contributed by atoms with Crippen molar-refractivity contribution in [3.05, 3.63) is 65.7 Å². The molecule has 148 valence electrons. The number of nitrogens with zero attached hydrogens (tertiary/aromatic N) is 1. The molecule has 2 rings (SSSR count). The number of ether oxygens (including phenoxy) is 2. The van der Waals surface area contributed by atoms with Crippen molar-refractivity contribution in [2.75, 3.05) is 0 Å². The van der Waals surface area contributed by atoms with Crippen molar-refractivity contribution in [1.82, 2.24) is 5.32 Å². The molecule has 0 fully saturated rings. The molecule has 0 aliphatic carbocycles. The largest absolute Gasteiger partial charge is 0.444 e. The summed E-state index contributed by atoms with van der Waals surface area (Å²) < 4.78 is 10.7. The lowest BCUT2D eigenvalue weighted by Gasteiger charge is -2.23. The third-order valence-electron chi connectivity index (χ3n) is 3.66. The number of nitrogens with one attached hydrogen (secondary N) is 2. The first-order valence-corrected chi connectivity index (χ1v) is 8.94. The van der Waals surface area contributed by atoms with Crippen LogP contribution in [0.3, 0.4) is 0 Å². The molecule has 2 aromatic rings. The standard InChI is InChI=1S/C21H25N3O4/c1-21(2,3)28-20(26)24-18(13-15-7-5-4-6-8-15)19(25)27-17-11-9-16(10-12-17)14-23-22/h4-12,18,22H,13-14H2,1-3H3,(H,24,26)/t18-/m1/s1. The van der Waals surface area contributed by atoms with Crippen molar-refractivity contribution >= 4 is 12.1 Å². The Balaban J connectivity index is 2.10. The maximum atomic E-state index is 12.7. The van der Waals surface area contributed by atoms with Crippen LogP contribution in [0.4, 0.5) is 4.79 Å². The molecular weight excluding hydrogens is 358 g/mol. The maximum absolute atomic E-state index is 12.7. The van der Waals surface area contributed by atoms with Crippen LogP contribution < -0.4 is 10.1 Å². The van der Waals surface area contributed by atoms with Crippen LogP contribution in [0.15, 0.2) is 59.7 Å². The Labute approximate surface area is 164 Å². The molecule has 0 aliphatic rings. The van der Waals surface area contributed by atoms with Crippen molar-refractivity contribution in [2.45, 2.75) is 45.4 Å². The Morgan fingerprint density at radius 2 is 1.68 bits per heavy atom. The highest BCUT2D eigenvalue weighted by atomic mass is 16.6. The van der Waals surface area contributed by atoms with E-state index in [4.69, 9.17) is 15.0 Å². The minimum Gasteiger partial charge on any atom is -0.444 e. The van der Waals surface area contributed by atoms with Gasteiger partial charge < -0.3 is 14.8 Å². The fraction of sp³-hybridized carbons (Fsp3) is 0.333. The van der Waals surface area contributed by atoms with Gasteiger partial charge in [0, 0.05) is 6.42 Å². The summed E-state index contributed by atoms with van der Waals surface area (Å²) in [4.78, 5) is 24.9. The van der Waals surface area contributed by atoms with Crippen molar-refractivity contribution in [3.8, 4) is 5.75 Å². The summed E-state index contributed by atoms with van der Waals surface area (Å²) >= 11 is 0. The number of hydrogen-bond donors (Lipinski definition) is 2. The predicted molar refractivity (Wildman–Crippen MR) is 104 cm³/mol. The maximum Gasteiger partial charge on any atom is 0.408 e. The summed E-state index contributed by atoms with van der Waals surface area (Å²) in [6.45, 7) is 5.52. The van der Waals surface area contributed by atoms with Crippen LogP contribution in [0, 0.1) is 5.53 Å². The van der Waals surface area contributed by atoms with E-state index in [0.29, 0.717) is 5.75 Å². The molecule has 28 heavy (non-hydrogen) atoms. The average molecular weight is 383 g/mol. The third-order valence-corrected chi connectivity index (χ3v) is 3.66. The van der Waals surface area contributed by atoms with E-state index >= 15 is 0 Å². The van der Waals surface area contributed by atoms with Crippen LogP contribution in [0.2, 0.25) is 0 Å². The second-order valence-electron chi connectivity index (χ2n) is 7.27. The van der Waals surface area contributed by atoms with Gasteiger partial charge in [0.2, 0.25) is 0 Å². The van der Waals surface area contributed by atoms with Crippen LogP contribution >= 0.6 is 0 Å². The van der Waals surface area contributed by atoms with Gasteiger partial charge in [-0.15, -0.1) is 0 Å². The average Bonchev–Trinajstić information content (AvgIpc) is 2.62. The zero-order chi connectivity index (χ0) is 20.6. The molecule has 0 spiro atoms. The molecule has 0 saturated carbocycles. The van der Waals surface area contributed by atoms with Crippen molar-refractivity contribution in [2.24, 2.45) is 5.11 Å². The number of amides is 1. The summed E-state index contributed by atoms with van der Waals surface area (Å²) in [5, 5.41) is 5.91. The second-order valence-corrected chi connectivity index (χ2v) is 7.27. The quantitative estimate of drug-likeness (QED) is 0.424. The van der Waals surface area contributed by atoms with E-state index in [1.165, 1.54) is 0 Å². The Bertz CT molecular complexity index is 799. The fourth-order valence-electron chi connectivity index (χ4n) is 2.43. The molecule has 1 atom stereocenters. The molecule has 2 aromatic carbocycles. The van der Waals surface area contributed by atoms with Gasteiger partial charge >= 0.3 is 12.1 Å². The first kappa shape index (κ1) is 21.1. The number of rotatable bonds is 7. The minimum absolute atomic E-state index is 0.269. The lowest BCUT2D eigenvalue weighted by atomic mass is 10.1. The second kappa shape index (κ2) is 9.64. The van der Waals surface area contributed by atoms with Gasteiger partial charge in [0.15, 0.2) is 0 Å². The van der Waals surface area contributed by atoms with Crippen LogP contribution in [-0.2, 0) is 22.5 Å². The summed E-state index contributed by atoms with van der Waals surface area (Å²) in [6.07, 6.45) is -0.410. The Morgan fingerprint density at radius 1 is 1.04 bits per heavy atom. The summed E-state index contributed by atoms with van der Waals surface area (Å²) in [7, 11) is 0. The smallest absolute Gasteiger partial charge is 0.408 e. The first-order chi connectivity index (χ1) is 13.3. The van der Waals surface area contributed by atoms with Gasteiger partial charge in [-0.3, -0.25) is 0 Å². The van der Waals surface area contributed by atoms with Crippen molar-refractivity contribution < 1.29 is 19.1 Å². The van der Waals surface area contributed by atoms with Gasteiger partial charge in [-0.05, 0) is 44.0 Å². The third kappa shape index (κ3) is 7.19. The molecule has 0 saturated heterocycles. The lowest BCUT2D eigenvalue weighted by Crippen LogP contribution is -2.46. The number of carbonyl (C=O) groups is 2. The van der Waals surface area contributed by atoms with Gasteiger partial charge in [-0.25, -0.2) is 15.1 Å². The molecule has 2 N–H and O–H groups in total. The highest BCUT2D eigenvalue weighted by Crippen LogP contribution is 2.15. The minimum atomic E-state index is -0.903. The molecule has 1 amide bonds. The molecule has 0 bridgehead atoms. The number of alkyl carbamates (subject to hydrolysis) is 1. The van der Waals surface area contributed by atoms with Crippen molar-refractivity contribution in [1.29, 1.82) is 5.53 Å². The molecule has 0 radical (unpaired) electrons. The van der Waals surface area contributed by atoms with Gasteiger partial charge in [-0.2, -0.15) is 5.11 Å². The molecular formula is C21H25N3O4. The molecule has 0 heterocycles. The van der Waals surface area contributed by atoms with E-state index in [-0.39, 0.29) is 13.0 Å². The van der Waals surface area contributed by atoms with E-state index in [1.54, 1.807) is 45.0 Å². The normalized spacial score (nSPS) is 12.0. The van der Waals surface area contributed by atoms with Crippen molar-refractivity contribution in [3.63, 3.8) is 0 Å². The lowest BCUT2D eigenvalue weighted by molar-refractivity contribution is -0.136. The summed E-state index contributed by atoms with van der Waals surface area (Å²) in [6, 6.07) is 15.2. The summed E-state index contributed by atoms with van der Waals surface area (Å²) in [5.41, 5.74) is 7.93. The van der Waals surface area contributed by atoms with E-state index in [2.05, 4.69) is 10.4 Å². The van der Waals surface area contributed by atoms with E-state index in [0.717, 1.165) is 11.1 Å². The number of carbonyl (C=O) groups excluding carboxylic acids is 2. The van der Waals surface area contributed by atoms with Gasteiger partial charge in [0.25, 0.3) is 0 Å². The van der Waals surface area contributed by atoms with Crippen LogP contribution in [0.5, 0.6) is 5.75 Å². The SMILES string of the molecule is CC(C)(C)OC(=O)N[C@H](Cc1ccccc1)C(=O)Oc1ccc(CN=N)cc1. The van der Waals surface area contributed by atoms with E-state index in [9.17, 15) is 9.59 Å². The number of benzene rings is 2. The molecule has 0 unspecified atom stereocenters. The highest BCUT2D eigenvalue weighted by molar-refractivity contribution is 5.83. The zero-order valence-electron chi connectivity index (χ0n) is 16.3. The Kier molecular flexibility index (Phi) is 7.26. The van der Waals surface area contributed by atoms with Gasteiger partial charge in [0.05, 0.1) is 6.54 Å². The number of esters is 1. The number of hydrogen-bond acceptors (Lipinski definition) is 6. The highest BCUT2D eigenvalue weighted by Gasteiger charge is 2.26.